The third-order valence-corrected chi connectivity index (χ3v) is 2.37. The largest absolute Gasteiger partial charge is 0.387 e. The summed E-state index contributed by atoms with van der Waals surface area (Å²) in [4.78, 5) is 0. The topological polar surface area (TPSA) is 20.2 Å². The molecule has 0 unspecified atom stereocenters. The van der Waals surface area contributed by atoms with Gasteiger partial charge < -0.3 is 5.11 Å². The molecule has 0 radical (unpaired) electrons. The molecule has 0 bridgehead atoms. The molecular formula is C8H8BrClO. The summed E-state index contributed by atoms with van der Waals surface area (Å²) in [6.45, 7) is 0. The van der Waals surface area contributed by atoms with Crippen LogP contribution in [0.5, 0.6) is 0 Å². The van der Waals surface area contributed by atoms with Crippen molar-refractivity contribution in [3.63, 3.8) is 0 Å². The molecule has 0 amide bonds. The van der Waals surface area contributed by atoms with Gasteiger partial charge in [-0.05, 0) is 11.6 Å². The smallest absolute Gasteiger partial charge is 0.0901 e. The summed E-state index contributed by atoms with van der Waals surface area (Å²) in [5, 5.41) is 10.5. The van der Waals surface area contributed by atoms with E-state index in [0.717, 1.165) is 5.56 Å². The minimum Gasteiger partial charge on any atom is -0.387 e. The molecule has 1 aromatic rings. The van der Waals surface area contributed by atoms with Gasteiger partial charge in [0.2, 0.25) is 0 Å². The quantitative estimate of drug-likeness (QED) is 0.782. The lowest BCUT2D eigenvalue weighted by Crippen LogP contribution is -1.98. The molecule has 0 heterocycles. The van der Waals surface area contributed by atoms with Crippen LogP contribution in [0.4, 0.5) is 0 Å². The van der Waals surface area contributed by atoms with Crippen molar-refractivity contribution in [3.05, 3.63) is 34.9 Å². The third kappa shape index (κ3) is 2.19. The fraction of sp³-hybridized carbons (Fsp3) is 0.250. The molecule has 0 aliphatic heterocycles. The SMILES string of the molecule is O[C@@H](CBr)c1ccccc1Cl. The summed E-state index contributed by atoms with van der Waals surface area (Å²) in [5.41, 5.74) is 0.769. The van der Waals surface area contributed by atoms with Gasteiger partial charge in [0, 0.05) is 10.4 Å². The van der Waals surface area contributed by atoms with E-state index in [1.54, 1.807) is 6.07 Å². The second-order valence-corrected chi connectivity index (χ2v) is 3.25. The van der Waals surface area contributed by atoms with E-state index < -0.39 is 6.10 Å². The number of aliphatic hydroxyl groups excluding tert-OH is 1. The fourth-order valence-corrected chi connectivity index (χ4v) is 1.44. The maximum absolute atomic E-state index is 9.38. The molecule has 11 heavy (non-hydrogen) atoms. The highest BCUT2D eigenvalue weighted by atomic mass is 79.9. The lowest BCUT2D eigenvalue weighted by atomic mass is 10.1. The van der Waals surface area contributed by atoms with Gasteiger partial charge in [-0.15, -0.1) is 0 Å². The van der Waals surface area contributed by atoms with E-state index >= 15 is 0 Å². The minimum atomic E-state index is -0.510. The van der Waals surface area contributed by atoms with Crippen LogP contribution in [0.15, 0.2) is 24.3 Å². The summed E-state index contributed by atoms with van der Waals surface area (Å²) in [7, 11) is 0. The number of alkyl halides is 1. The van der Waals surface area contributed by atoms with E-state index in [9.17, 15) is 5.11 Å². The van der Waals surface area contributed by atoms with E-state index in [0.29, 0.717) is 10.4 Å². The van der Waals surface area contributed by atoms with Crippen molar-refractivity contribution >= 4 is 27.5 Å². The average Bonchev–Trinajstić information content (AvgIpc) is 2.04. The molecule has 0 aromatic heterocycles. The van der Waals surface area contributed by atoms with Crippen LogP contribution in [0.2, 0.25) is 5.02 Å². The zero-order valence-corrected chi connectivity index (χ0v) is 8.14. The Bertz CT molecular complexity index is 239. The van der Waals surface area contributed by atoms with Gasteiger partial charge in [0.15, 0.2) is 0 Å². The average molecular weight is 236 g/mol. The highest BCUT2D eigenvalue weighted by molar-refractivity contribution is 9.09. The summed E-state index contributed by atoms with van der Waals surface area (Å²) in [6, 6.07) is 7.27. The normalized spacial score (nSPS) is 13.0. The van der Waals surface area contributed by atoms with Crippen molar-refractivity contribution in [2.45, 2.75) is 6.10 Å². The van der Waals surface area contributed by atoms with Crippen molar-refractivity contribution in [1.82, 2.24) is 0 Å². The Kier molecular flexibility index (Phi) is 3.37. The molecule has 0 spiro atoms. The monoisotopic (exact) mass is 234 g/mol. The maximum Gasteiger partial charge on any atom is 0.0901 e. The molecule has 1 N–H and O–H groups in total. The Hall–Kier alpha value is -0.0500. The first kappa shape index (κ1) is 9.04. The van der Waals surface area contributed by atoms with Gasteiger partial charge in [-0.2, -0.15) is 0 Å². The zero-order valence-electron chi connectivity index (χ0n) is 5.80. The summed E-state index contributed by atoms with van der Waals surface area (Å²) in [5.74, 6) is 0. The Morgan fingerprint density at radius 2 is 2.09 bits per heavy atom. The number of hydrogen-bond acceptors (Lipinski definition) is 1. The predicted molar refractivity (Wildman–Crippen MR) is 50.2 cm³/mol. The molecule has 0 saturated heterocycles. The number of benzene rings is 1. The van der Waals surface area contributed by atoms with Gasteiger partial charge in [-0.1, -0.05) is 45.7 Å². The maximum atomic E-state index is 9.38. The predicted octanol–water partition coefficient (Wildman–Crippen LogP) is 2.77. The number of halogens is 2. The van der Waals surface area contributed by atoms with Gasteiger partial charge in [0.25, 0.3) is 0 Å². The van der Waals surface area contributed by atoms with Crippen LogP contribution >= 0.6 is 27.5 Å². The highest BCUT2D eigenvalue weighted by Crippen LogP contribution is 2.23. The number of hydrogen-bond donors (Lipinski definition) is 1. The molecule has 1 nitrogen and oxygen atoms in total. The summed E-state index contributed by atoms with van der Waals surface area (Å²) >= 11 is 8.99. The van der Waals surface area contributed by atoms with E-state index in [1.807, 2.05) is 18.2 Å². The van der Waals surface area contributed by atoms with Crippen molar-refractivity contribution in [2.24, 2.45) is 0 Å². The van der Waals surface area contributed by atoms with E-state index in [-0.39, 0.29) is 0 Å². The van der Waals surface area contributed by atoms with E-state index in [2.05, 4.69) is 15.9 Å². The Morgan fingerprint density at radius 1 is 1.45 bits per heavy atom. The van der Waals surface area contributed by atoms with E-state index in [1.165, 1.54) is 0 Å². The van der Waals surface area contributed by atoms with Gasteiger partial charge in [-0.25, -0.2) is 0 Å². The second kappa shape index (κ2) is 4.10. The molecule has 0 aliphatic carbocycles. The Morgan fingerprint density at radius 3 is 2.64 bits per heavy atom. The lowest BCUT2D eigenvalue weighted by molar-refractivity contribution is 0.205. The molecule has 3 heteroatoms. The van der Waals surface area contributed by atoms with Crippen molar-refractivity contribution in [3.8, 4) is 0 Å². The first-order valence-corrected chi connectivity index (χ1v) is 4.74. The molecule has 0 aliphatic rings. The number of rotatable bonds is 2. The zero-order chi connectivity index (χ0) is 8.27. The molecule has 0 saturated carbocycles. The standard InChI is InChI=1S/C8H8BrClO/c9-5-8(11)6-3-1-2-4-7(6)10/h1-4,8,11H,5H2/t8-/m0/s1. The van der Waals surface area contributed by atoms with Crippen LogP contribution in [0.25, 0.3) is 0 Å². The van der Waals surface area contributed by atoms with Crippen LogP contribution in [0, 0.1) is 0 Å². The Labute approximate surface area is 79.1 Å². The third-order valence-electron chi connectivity index (χ3n) is 1.41. The first-order valence-electron chi connectivity index (χ1n) is 3.24. The molecular weight excluding hydrogens is 227 g/mol. The molecule has 1 atom stereocenters. The Balaban J connectivity index is 2.93. The number of aliphatic hydroxyl groups is 1. The van der Waals surface area contributed by atoms with Gasteiger partial charge in [-0.3, -0.25) is 0 Å². The van der Waals surface area contributed by atoms with Crippen molar-refractivity contribution in [2.75, 3.05) is 5.33 Å². The van der Waals surface area contributed by atoms with Gasteiger partial charge >= 0.3 is 0 Å². The summed E-state index contributed by atoms with van der Waals surface area (Å²) < 4.78 is 0. The highest BCUT2D eigenvalue weighted by Gasteiger charge is 2.07. The minimum absolute atomic E-state index is 0.510. The van der Waals surface area contributed by atoms with Crippen molar-refractivity contribution in [1.29, 1.82) is 0 Å². The van der Waals surface area contributed by atoms with Crippen molar-refractivity contribution < 1.29 is 5.11 Å². The molecule has 0 fully saturated rings. The fourth-order valence-electron chi connectivity index (χ4n) is 0.828. The van der Waals surface area contributed by atoms with Gasteiger partial charge in [0.1, 0.15) is 0 Å². The second-order valence-electron chi connectivity index (χ2n) is 2.19. The lowest BCUT2D eigenvalue weighted by Gasteiger charge is -2.07. The van der Waals surface area contributed by atoms with Gasteiger partial charge in [0.05, 0.1) is 6.10 Å². The molecule has 1 rings (SSSR count). The summed E-state index contributed by atoms with van der Waals surface area (Å²) in [6.07, 6.45) is -0.510. The van der Waals surface area contributed by atoms with Crippen LogP contribution < -0.4 is 0 Å². The van der Waals surface area contributed by atoms with Crippen LogP contribution in [0.3, 0.4) is 0 Å². The molecule has 60 valence electrons. The van der Waals surface area contributed by atoms with Crippen LogP contribution in [-0.2, 0) is 0 Å². The first-order chi connectivity index (χ1) is 5.25. The van der Waals surface area contributed by atoms with Crippen LogP contribution in [0.1, 0.15) is 11.7 Å². The van der Waals surface area contributed by atoms with Crippen LogP contribution in [-0.4, -0.2) is 10.4 Å². The molecule has 1 aromatic carbocycles. The van der Waals surface area contributed by atoms with E-state index in [4.69, 9.17) is 11.6 Å².